The van der Waals surface area contributed by atoms with Gasteiger partial charge in [-0.2, -0.15) is 4.80 Å². The minimum Gasteiger partial charge on any atom is -0.485 e. The van der Waals surface area contributed by atoms with Crippen LogP contribution in [0.3, 0.4) is 0 Å². The van der Waals surface area contributed by atoms with Crippen molar-refractivity contribution in [2.75, 3.05) is 0 Å². The van der Waals surface area contributed by atoms with Gasteiger partial charge < -0.3 is 10.5 Å². The second-order valence-electron chi connectivity index (χ2n) is 4.92. The Labute approximate surface area is 118 Å². The number of benzene rings is 1. The second-order valence-corrected chi connectivity index (χ2v) is 4.92. The van der Waals surface area contributed by atoms with Crippen LogP contribution >= 0.6 is 0 Å². The summed E-state index contributed by atoms with van der Waals surface area (Å²) in [6, 6.07) is 6.26. The summed E-state index contributed by atoms with van der Waals surface area (Å²) < 4.78 is 5.88. The molecule has 0 aliphatic rings. The Kier molecular flexibility index (Phi) is 4.68. The van der Waals surface area contributed by atoms with Crippen LogP contribution in [0.15, 0.2) is 18.2 Å². The van der Waals surface area contributed by atoms with E-state index >= 15 is 0 Å². The molecule has 2 aromatic rings. The lowest BCUT2D eigenvalue weighted by atomic mass is 10.0. The van der Waals surface area contributed by atoms with Crippen molar-refractivity contribution < 1.29 is 4.74 Å². The van der Waals surface area contributed by atoms with Gasteiger partial charge in [0.2, 0.25) is 5.82 Å². The summed E-state index contributed by atoms with van der Waals surface area (Å²) in [6.07, 6.45) is 1.75. The van der Waals surface area contributed by atoms with Crippen LogP contribution in [0, 0.1) is 6.92 Å². The predicted octanol–water partition coefficient (Wildman–Crippen LogP) is 1.38. The molecular formula is C14H21N5O. The van der Waals surface area contributed by atoms with Crippen LogP contribution in [-0.4, -0.2) is 26.2 Å². The number of para-hydroxylation sites is 1. The van der Waals surface area contributed by atoms with Gasteiger partial charge in [0.1, 0.15) is 5.75 Å². The predicted molar refractivity (Wildman–Crippen MR) is 76.3 cm³/mol. The van der Waals surface area contributed by atoms with Crippen LogP contribution < -0.4 is 10.5 Å². The summed E-state index contributed by atoms with van der Waals surface area (Å²) >= 11 is 0. The molecule has 0 radical (unpaired) electrons. The molecule has 0 aliphatic carbocycles. The average Bonchev–Trinajstić information content (AvgIpc) is 2.83. The zero-order valence-electron chi connectivity index (χ0n) is 12.2. The second kappa shape index (κ2) is 6.47. The van der Waals surface area contributed by atoms with E-state index < -0.39 is 0 Å². The summed E-state index contributed by atoms with van der Waals surface area (Å²) in [5.74, 6) is 1.45. The minimum atomic E-state index is 0.147. The van der Waals surface area contributed by atoms with Gasteiger partial charge in [-0.1, -0.05) is 25.1 Å². The van der Waals surface area contributed by atoms with E-state index in [2.05, 4.69) is 28.4 Å². The van der Waals surface area contributed by atoms with Crippen LogP contribution in [0.4, 0.5) is 0 Å². The molecule has 1 heterocycles. The van der Waals surface area contributed by atoms with E-state index in [0.29, 0.717) is 12.4 Å². The Morgan fingerprint density at radius 3 is 2.85 bits per heavy atom. The molecule has 20 heavy (non-hydrogen) atoms. The first-order valence-corrected chi connectivity index (χ1v) is 6.80. The van der Waals surface area contributed by atoms with Gasteiger partial charge >= 0.3 is 0 Å². The Hall–Kier alpha value is -1.95. The highest BCUT2D eigenvalue weighted by molar-refractivity contribution is 5.41. The van der Waals surface area contributed by atoms with Gasteiger partial charge in [0, 0.05) is 6.04 Å². The standard InChI is InChI=1S/C14H21N5O/c1-4-12(15)8-11-7-5-6-10(2)14(11)20-9-13-16-18-19(3)17-13/h5-7,12H,4,8-9,15H2,1-3H3. The van der Waals surface area contributed by atoms with E-state index in [1.54, 1.807) is 7.05 Å². The van der Waals surface area contributed by atoms with Gasteiger partial charge in [-0.05, 0) is 36.1 Å². The molecular weight excluding hydrogens is 254 g/mol. The summed E-state index contributed by atoms with van der Waals surface area (Å²) in [5.41, 5.74) is 8.26. The van der Waals surface area contributed by atoms with Crippen molar-refractivity contribution in [2.45, 2.75) is 39.3 Å². The third-order valence-corrected chi connectivity index (χ3v) is 3.20. The quantitative estimate of drug-likeness (QED) is 0.861. The number of ether oxygens (including phenoxy) is 1. The maximum absolute atomic E-state index is 6.04. The van der Waals surface area contributed by atoms with Gasteiger partial charge in [-0.25, -0.2) is 0 Å². The van der Waals surface area contributed by atoms with Crippen molar-refractivity contribution in [1.29, 1.82) is 0 Å². The maximum atomic E-state index is 6.04. The van der Waals surface area contributed by atoms with Crippen molar-refractivity contribution in [3.8, 4) is 5.75 Å². The maximum Gasteiger partial charge on any atom is 0.212 e. The fourth-order valence-electron chi connectivity index (χ4n) is 2.03. The van der Waals surface area contributed by atoms with Gasteiger partial charge in [-0.3, -0.25) is 0 Å². The molecule has 0 aliphatic heterocycles. The third kappa shape index (κ3) is 3.54. The molecule has 0 saturated carbocycles. The average molecular weight is 275 g/mol. The van der Waals surface area contributed by atoms with Crippen molar-refractivity contribution in [2.24, 2.45) is 12.8 Å². The van der Waals surface area contributed by atoms with E-state index in [0.717, 1.165) is 29.7 Å². The van der Waals surface area contributed by atoms with E-state index in [1.165, 1.54) is 4.80 Å². The lowest BCUT2D eigenvalue weighted by Gasteiger charge is -2.15. The summed E-state index contributed by atoms with van der Waals surface area (Å²) in [5, 5.41) is 11.8. The van der Waals surface area contributed by atoms with Gasteiger partial charge in [0.05, 0.1) is 7.05 Å². The molecule has 6 heteroatoms. The smallest absolute Gasteiger partial charge is 0.212 e. The molecule has 0 saturated heterocycles. The van der Waals surface area contributed by atoms with Crippen molar-refractivity contribution in [3.63, 3.8) is 0 Å². The first-order chi connectivity index (χ1) is 9.60. The molecule has 2 rings (SSSR count). The number of aryl methyl sites for hydroxylation is 2. The number of nitrogens with two attached hydrogens (primary N) is 1. The summed E-state index contributed by atoms with van der Waals surface area (Å²) in [6.45, 7) is 4.43. The van der Waals surface area contributed by atoms with Crippen LogP contribution in [-0.2, 0) is 20.1 Å². The molecule has 1 atom stereocenters. The normalized spacial score (nSPS) is 12.4. The molecule has 1 aromatic carbocycles. The Balaban J connectivity index is 2.12. The lowest BCUT2D eigenvalue weighted by molar-refractivity contribution is 0.289. The highest BCUT2D eigenvalue weighted by Gasteiger charge is 2.11. The number of nitrogens with zero attached hydrogens (tertiary/aromatic N) is 4. The van der Waals surface area contributed by atoms with Gasteiger partial charge in [0.25, 0.3) is 0 Å². The van der Waals surface area contributed by atoms with Gasteiger partial charge in [0.15, 0.2) is 6.61 Å². The Bertz CT molecular complexity index is 566. The highest BCUT2D eigenvalue weighted by Crippen LogP contribution is 2.25. The highest BCUT2D eigenvalue weighted by atomic mass is 16.5. The fourth-order valence-corrected chi connectivity index (χ4v) is 2.03. The van der Waals surface area contributed by atoms with E-state index in [9.17, 15) is 0 Å². The molecule has 1 aromatic heterocycles. The van der Waals surface area contributed by atoms with Crippen LogP contribution in [0.2, 0.25) is 0 Å². The van der Waals surface area contributed by atoms with E-state index in [-0.39, 0.29) is 6.04 Å². The molecule has 0 fully saturated rings. The Morgan fingerprint density at radius 1 is 1.40 bits per heavy atom. The summed E-state index contributed by atoms with van der Waals surface area (Å²) in [4.78, 5) is 1.42. The zero-order valence-corrected chi connectivity index (χ0v) is 12.2. The number of hydrogen-bond acceptors (Lipinski definition) is 5. The number of tetrazole rings is 1. The fraction of sp³-hybridized carbons (Fsp3) is 0.500. The monoisotopic (exact) mass is 275 g/mol. The van der Waals surface area contributed by atoms with Gasteiger partial charge in [-0.15, -0.1) is 10.2 Å². The van der Waals surface area contributed by atoms with Crippen LogP contribution in [0.5, 0.6) is 5.75 Å². The van der Waals surface area contributed by atoms with Crippen LogP contribution in [0.25, 0.3) is 0 Å². The molecule has 108 valence electrons. The van der Waals surface area contributed by atoms with Crippen molar-refractivity contribution in [1.82, 2.24) is 20.2 Å². The van der Waals surface area contributed by atoms with E-state index in [4.69, 9.17) is 10.5 Å². The van der Waals surface area contributed by atoms with Crippen molar-refractivity contribution >= 4 is 0 Å². The third-order valence-electron chi connectivity index (χ3n) is 3.20. The van der Waals surface area contributed by atoms with Crippen LogP contribution in [0.1, 0.15) is 30.3 Å². The van der Waals surface area contributed by atoms with E-state index in [1.807, 2.05) is 19.1 Å². The molecule has 0 bridgehead atoms. The first-order valence-electron chi connectivity index (χ1n) is 6.80. The molecule has 0 amide bonds. The van der Waals surface area contributed by atoms with Crippen molar-refractivity contribution in [3.05, 3.63) is 35.2 Å². The molecule has 6 nitrogen and oxygen atoms in total. The minimum absolute atomic E-state index is 0.147. The SMILES string of the molecule is CCC(N)Cc1cccc(C)c1OCc1nnn(C)n1. The zero-order chi connectivity index (χ0) is 14.5. The summed E-state index contributed by atoms with van der Waals surface area (Å²) in [7, 11) is 1.73. The first kappa shape index (κ1) is 14.5. The largest absolute Gasteiger partial charge is 0.485 e. The topological polar surface area (TPSA) is 78.9 Å². The molecule has 0 spiro atoms. The Morgan fingerprint density at radius 2 is 2.20 bits per heavy atom. The molecule has 1 unspecified atom stereocenters. The number of hydrogen-bond donors (Lipinski definition) is 1. The number of rotatable bonds is 6. The number of aromatic nitrogens is 4. The molecule has 2 N–H and O–H groups in total. The lowest BCUT2D eigenvalue weighted by Crippen LogP contribution is -2.21.